The van der Waals surface area contributed by atoms with Crippen LogP contribution in [0.3, 0.4) is 0 Å². The van der Waals surface area contributed by atoms with Crippen LogP contribution < -0.4 is 0 Å². The summed E-state index contributed by atoms with van der Waals surface area (Å²) >= 11 is 0. The molecule has 1 atom stereocenters. The number of rotatable bonds is 3. The fourth-order valence-electron chi connectivity index (χ4n) is 1.92. The van der Waals surface area contributed by atoms with Gasteiger partial charge < -0.3 is 9.64 Å². The number of morpholine rings is 1. The highest BCUT2D eigenvalue weighted by atomic mass is 16.5. The molecule has 1 aliphatic rings. The number of amides is 1. The molecule has 1 aromatic heterocycles. The van der Waals surface area contributed by atoms with E-state index < -0.39 is 0 Å². The molecule has 1 unspecified atom stereocenters. The van der Waals surface area contributed by atoms with Gasteiger partial charge in [0.2, 0.25) is 5.91 Å². The molecule has 2 rings (SSSR count). The van der Waals surface area contributed by atoms with Gasteiger partial charge in [-0.1, -0.05) is 6.07 Å². The summed E-state index contributed by atoms with van der Waals surface area (Å²) in [6.45, 7) is 2.60. The number of carbonyl (C=O) groups excluding carboxylic acids is 1. The van der Waals surface area contributed by atoms with Crippen LogP contribution in [0, 0.1) is 0 Å². The Hall–Kier alpha value is -1.46. The molecule has 0 bridgehead atoms. The monoisotopic (exact) mass is 249 g/mol. The highest BCUT2D eigenvalue weighted by Crippen LogP contribution is 2.19. The second kappa shape index (κ2) is 5.93. The summed E-state index contributed by atoms with van der Waals surface area (Å²) in [5.74, 6) is 0.122. The molecule has 1 aromatic rings. The van der Waals surface area contributed by atoms with Crippen molar-refractivity contribution in [2.75, 3.05) is 40.3 Å². The summed E-state index contributed by atoms with van der Waals surface area (Å²) < 4.78 is 5.71. The number of pyridine rings is 1. The number of hydrogen-bond donors (Lipinski definition) is 0. The fraction of sp³-hybridized carbons (Fsp3) is 0.538. The van der Waals surface area contributed by atoms with E-state index >= 15 is 0 Å². The largest absolute Gasteiger partial charge is 0.369 e. The number of ether oxygens (including phenoxy) is 1. The van der Waals surface area contributed by atoms with Crippen LogP contribution in [0.2, 0.25) is 0 Å². The van der Waals surface area contributed by atoms with Gasteiger partial charge in [0.15, 0.2) is 0 Å². The standard InChI is InChI=1S/C13H19N3O2/c1-15(2)13(17)10-16-7-8-18-12(9-16)11-5-3-4-6-14-11/h3-6,12H,7-10H2,1-2H3. The first-order valence-electron chi connectivity index (χ1n) is 6.12. The Labute approximate surface area is 107 Å². The quantitative estimate of drug-likeness (QED) is 0.784. The highest BCUT2D eigenvalue weighted by Gasteiger charge is 2.24. The number of aromatic nitrogens is 1. The smallest absolute Gasteiger partial charge is 0.236 e. The maximum atomic E-state index is 11.7. The Balaban J connectivity index is 1.95. The molecule has 5 nitrogen and oxygen atoms in total. The average Bonchev–Trinajstić information content (AvgIpc) is 2.40. The molecule has 0 N–H and O–H groups in total. The molecule has 1 fully saturated rings. The van der Waals surface area contributed by atoms with E-state index in [9.17, 15) is 4.79 Å². The molecule has 0 aliphatic carbocycles. The fourth-order valence-corrected chi connectivity index (χ4v) is 1.92. The van der Waals surface area contributed by atoms with Gasteiger partial charge in [-0.15, -0.1) is 0 Å². The van der Waals surface area contributed by atoms with Crippen LogP contribution in [0.4, 0.5) is 0 Å². The number of likely N-dealkylation sites (N-methyl/N-ethyl adjacent to an activating group) is 1. The van der Waals surface area contributed by atoms with Crippen LogP contribution in [-0.2, 0) is 9.53 Å². The lowest BCUT2D eigenvalue weighted by Gasteiger charge is -2.32. The van der Waals surface area contributed by atoms with E-state index in [1.165, 1.54) is 0 Å². The highest BCUT2D eigenvalue weighted by molar-refractivity contribution is 5.77. The van der Waals surface area contributed by atoms with Crippen LogP contribution in [0.15, 0.2) is 24.4 Å². The normalized spacial score (nSPS) is 20.7. The molecular formula is C13H19N3O2. The van der Waals surface area contributed by atoms with Crippen molar-refractivity contribution in [3.05, 3.63) is 30.1 Å². The maximum absolute atomic E-state index is 11.7. The van der Waals surface area contributed by atoms with Crippen molar-refractivity contribution in [1.82, 2.24) is 14.8 Å². The second-order valence-corrected chi connectivity index (χ2v) is 4.64. The Morgan fingerprint density at radius 3 is 3.06 bits per heavy atom. The first-order valence-corrected chi connectivity index (χ1v) is 6.12. The summed E-state index contributed by atoms with van der Waals surface area (Å²) in [4.78, 5) is 19.7. The van der Waals surface area contributed by atoms with Gasteiger partial charge in [0.05, 0.1) is 18.8 Å². The van der Waals surface area contributed by atoms with Gasteiger partial charge >= 0.3 is 0 Å². The summed E-state index contributed by atoms with van der Waals surface area (Å²) in [5, 5.41) is 0. The third kappa shape index (κ3) is 3.27. The zero-order valence-electron chi connectivity index (χ0n) is 10.9. The van der Waals surface area contributed by atoms with Crippen molar-refractivity contribution in [3.8, 4) is 0 Å². The summed E-state index contributed by atoms with van der Waals surface area (Å²) in [6, 6.07) is 5.80. The molecule has 5 heteroatoms. The lowest BCUT2D eigenvalue weighted by Crippen LogP contribution is -2.44. The van der Waals surface area contributed by atoms with Crippen molar-refractivity contribution in [1.29, 1.82) is 0 Å². The minimum absolute atomic E-state index is 0.0325. The number of nitrogens with zero attached hydrogens (tertiary/aromatic N) is 3. The topological polar surface area (TPSA) is 45.7 Å². The molecule has 2 heterocycles. The van der Waals surface area contributed by atoms with E-state index in [-0.39, 0.29) is 12.0 Å². The van der Waals surface area contributed by atoms with Gasteiger partial charge in [-0.2, -0.15) is 0 Å². The zero-order valence-corrected chi connectivity index (χ0v) is 10.9. The SMILES string of the molecule is CN(C)C(=O)CN1CCOC(c2ccccn2)C1. The van der Waals surface area contributed by atoms with E-state index in [1.807, 2.05) is 18.2 Å². The molecule has 18 heavy (non-hydrogen) atoms. The van der Waals surface area contributed by atoms with Crippen molar-refractivity contribution >= 4 is 5.91 Å². The second-order valence-electron chi connectivity index (χ2n) is 4.64. The van der Waals surface area contributed by atoms with E-state index in [4.69, 9.17) is 4.74 Å². The molecule has 1 saturated heterocycles. The maximum Gasteiger partial charge on any atom is 0.236 e. The van der Waals surface area contributed by atoms with Crippen LogP contribution in [0.5, 0.6) is 0 Å². The van der Waals surface area contributed by atoms with E-state index in [1.54, 1.807) is 25.2 Å². The van der Waals surface area contributed by atoms with Crippen molar-refractivity contribution in [2.24, 2.45) is 0 Å². The Morgan fingerprint density at radius 2 is 2.39 bits per heavy atom. The molecule has 98 valence electrons. The Morgan fingerprint density at radius 1 is 1.56 bits per heavy atom. The zero-order chi connectivity index (χ0) is 13.0. The molecule has 1 aliphatic heterocycles. The third-order valence-electron chi connectivity index (χ3n) is 3.03. The van der Waals surface area contributed by atoms with E-state index in [0.29, 0.717) is 13.2 Å². The van der Waals surface area contributed by atoms with E-state index in [2.05, 4.69) is 9.88 Å². The van der Waals surface area contributed by atoms with Gasteiger partial charge in [-0.3, -0.25) is 14.7 Å². The molecule has 0 aromatic carbocycles. The lowest BCUT2D eigenvalue weighted by atomic mass is 10.2. The van der Waals surface area contributed by atoms with Crippen LogP contribution in [0.25, 0.3) is 0 Å². The summed E-state index contributed by atoms with van der Waals surface area (Å²) in [6.07, 6.45) is 1.73. The first kappa shape index (κ1) is 13.0. The molecule has 0 radical (unpaired) electrons. The van der Waals surface area contributed by atoms with Crippen molar-refractivity contribution in [2.45, 2.75) is 6.10 Å². The van der Waals surface area contributed by atoms with Crippen molar-refractivity contribution < 1.29 is 9.53 Å². The minimum atomic E-state index is -0.0325. The molecule has 0 spiro atoms. The van der Waals surface area contributed by atoms with Gasteiger partial charge in [-0.25, -0.2) is 0 Å². The number of hydrogen-bond acceptors (Lipinski definition) is 4. The molecule has 0 saturated carbocycles. The van der Waals surface area contributed by atoms with Gasteiger partial charge in [0.25, 0.3) is 0 Å². The minimum Gasteiger partial charge on any atom is -0.369 e. The summed E-state index contributed by atoms with van der Waals surface area (Å²) in [5.41, 5.74) is 0.930. The van der Waals surface area contributed by atoms with Gasteiger partial charge in [0, 0.05) is 33.4 Å². The molecule has 1 amide bonds. The Kier molecular flexibility index (Phi) is 4.28. The molecular weight excluding hydrogens is 230 g/mol. The first-order chi connectivity index (χ1) is 8.66. The third-order valence-corrected chi connectivity index (χ3v) is 3.03. The van der Waals surface area contributed by atoms with Crippen LogP contribution >= 0.6 is 0 Å². The predicted octanol–water partition coefficient (Wildman–Crippen LogP) is 0.543. The number of carbonyl (C=O) groups is 1. The Bertz CT molecular complexity index is 394. The van der Waals surface area contributed by atoms with Crippen molar-refractivity contribution in [3.63, 3.8) is 0 Å². The predicted molar refractivity (Wildman–Crippen MR) is 68.1 cm³/mol. The summed E-state index contributed by atoms with van der Waals surface area (Å²) in [7, 11) is 3.55. The lowest BCUT2D eigenvalue weighted by molar-refractivity contribution is -0.132. The van der Waals surface area contributed by atoms with Gasteiger partial charge in [-0.05, 0) is 12.1 Å². The van der Waals surface area contributed by atoms with Crippen LogP contribution in [-0.4, -0.2) is 61.0 Å². The average molecular weight is 249 g/mol. The van der Waals surface area contributed by atoms with Gasteiger partial charge in [0.1, 0.15) is 6.10 Å². The van der Waals surface area contributed by atoms with Crippen LogP contribution in [0.1, 0.15) is 11.8 Å². The van der Waals surface area contributed by atoms with E-state index in [0.717, 1.165) is 18.8 Å².